The van der Waals surface area contributed by atoms with Crippen LogP contribution in [0.1, 0.15) is 22.3 Å². The quantitative estimate of drug-likeness (QED) is 0.194. The fraction of sp³-hybridized carbons (Fsp3) is 0. The molecule has 0 amide bonds. The van der Waals surface area contributed by atoms with E-state index in [-0.39, 0.29) is 19.8 Å². The van der Waals surface area contributed by atoms with Crippen LogP contribution in [-0.4, -0.2) is 42.6 Å². The molecule has 4 nitrogen and oxygen atoms in total. The van der Waals surface area contributed by atoms with Crippen molar-refractivity contribution in [2.45, 2.75) is 0 Å². The van der Waals surface area contributed by atoms with Gasteiger partial charge in [0, 0.05) is 22.3 Å². The molecule has 5 aliphatic rings. The number of benzene rings is 4. The van der Waals surface area contributed by atoms with Gasteiger partial charge in [0.25, 0.3) is 0 Å². The summed E-state index contributed by atoms with van der Waals surface area (Å²) in [4.78, 5) is 20.8. The fourth-order valence-electron chi connectivity index (χ4n) is 6.63. The molecule has 0 saturated carbocycles. The van der Waals surface area contributed by atoms with E-state index in [0.29, 0.717) is 0 Å². The molecule has 5 heterocycles. The summed E-state index contributed by atoms with van der Waals surface area (Å²) in [6, 6.07) is 42.1. The number of hydrogen-bond donors (Lipinski definition) is 0. The van der Waals surface area contributed by atoms with Crippen molar-refractivity contribution < 1.29 is 0 Å². The molecular formula is C44H31GaN4. The van der Waals surface area contributed by atoms with Gasteiger partial charge in [0.15, 0.2) is 0 Å². The third-order valence-corrected chi connectivity index (χ3v) is 8.75. The van der Waals surface area contributed by atoms with Crippen molar-refractivity contribution in [1.29, 1.82) is 0 Å². The SMILES string of the molecule is C1=CC2=NC1=CC1=NC(=C(c3ccccc3)C3=NC(=CC4=NC(=C2)C=C4)C=C3c2ccccc2)C(c2ccccc2)=C1c1ccccc1.[GaH3]. The average Bonchev–Trinajstić information content (AvgIpc) is 3.94. The Balaban J connectivity index is 0.00000348. The Hall–Kier alpha value is -5.88. The van der Waals surface area contributed by atoms with Gasteiger partial charge in [-0.1, -0.05) is 121 Å². The second kappa shape index (κ2) is 13.0. The van der Waals surface area contributed by atoms with Crippen LogP contribution in [0.5, 0.6) is 0 Å². The predicted octanol–water partition coefficient (Wildman–Crippen LogP) is 8.50. The van der Waals surface area contributed by atoms with Crippen LogP contribution in [0, 0.1) is 0 Å². The average molecular weight is 685 g/mol. The fourth-order valence-corrected chi connectivity index (χ4v) is 6.63. The van der Waals surface area contributed by atoms with Crippen molar-refractivity contribution in [3.63, 3.8) is 0 Å². The molecule has 0 unspecified atom stereocenters. The number of hydrogen-bond acceptors (Lipinski definition) is 4. The van der Waals surface area contributed by atoms with Crippen LogP contribution in [0.15, 0.2) is 213 Å². The van der Waals surface area contributed by atoms with Gasteiger partial charge in [-0.25, -0.2) is 20.0 Å². The van der Waals surface area contributed by atoms with Crippen molar-refractivity contribution >= 4 is 64.9 Å². The summed E-state index contributed by atoms with van der Waals surface area (Å²) in [7, 11) is 0. The minimum atomic E-state index is 0. The van der Waals surface area contributed by atoms with Crippen LogP contribution in [0.25, 0.3) is 22.3 Å². The van der Waals surface area contributed by atoms with Crippen molar-refractivity contribution in [3.8, 4) is 0 Å². The molecule has 0 N–H and O–H groups in total. The summed E-state index contributed by atoms with van der Waals surface area (Å²) in [5, 5.41) is 0. The van der Waals surface area contributed by atoms with Gasteiger partial charge in [-0.15, -0.1) is 0 Å². The van der Waals surface area contributed by atoms with Crippen LogP contribution in [0.3, 0.4) is 0 Å². The number of fused-ring (bicyclic) bond motifs is 4. The molecule has 4 aromatic rings. The molecule has 0 spiro atoms. The Bertz CT molecular complexity index is 2380. The van der Waals surface area contributed by atoms with Gasteiger partial charge in [-0.2, -0.15) is 0 Å². The molecule has 5 heteroatoms. The summed E-state index contributed by atoms with van der Waals surface area (Å²) in [6.07, 6.45) is 16.5. The third-order valence-electron chi connectivity index (χ3n) is 8.75. The monoisotopic (exact) mass is 684 g/mol. The second-order valence-corrected chi connectivity index (χ2v) is 11.9. The van der Waals surface area contributed by atoms with E-state index < -0.39 is 0 Å². The van der Waals surface area contributed by atoms with Gasteiger partial charge < -0.3 is 0 Å². The first-order valence-corrected chi connectivity index (χ1v) is 16.1. The van der Waals surface area contributed by atoms with E-state index in [1.165, 1.54) is 0 Å². The summed E-state index contributed by atoms with van der Waals surface area (Å²) < 4.78 is 0. The van der Waals surface area contributed by atoms with E-state index in [0.717, 1.165) is 90.2 Å². The Labute approximate surface area is 298 Å². The summed E-state index contributed by atoms with van der Waals surface area (Å²) in [6.45, 7) is 0. The first-order chi connectivity index (χ1) is 23.8. The molecule has 4 aromatic carbocycles. The molecule has 230 valence electrons. The van der Waals surface area contributed by atoms with E-state index in [9.17, 15) is 0 Å². The Morgan fingerprint density at radius 1 is 0.347 bits per heavy atom. The first kappa shape index (κ1) is 30.4. The Morgan fingerprint density at radius 3 is 1.39 bits per heavy atom. The van der Waals surface area contributed by atoms with Crippen molar-refractivity contribution in [2.75, 3.05) is 0 Å². The zero-order valence-corrected chi connectivity index (χ0v) is 26.0. The summed E-state index contributed by atoms with van der Waals surface area (Å²) in [5.74, 6) is 0. The van der Waals surface area contributed by atoms with Crippen molar-refractivity contribution in [1.82, 2.24) is 0 Å². The third kappa shape index (κ3) is 5.80. The minimum absolute atomic E-state index is 0. The molecular weight excluding hydrogens is 654 g/mol. The van der Waals surface area contributed by atoms with Gasteiger partial charge in [-0.3, -0.25) is 0 Å². The molecule has 0 saturated heterocycles. The van der Waals surface area contributed by atoms with E-state index in [1.807, 2.05) is 36.4 Å². The van der Waals surface area contributed by atoms with Gasteiger partial charge >= 0.3 is 19.8 Å². The van der Waals surface area contributed by atoms with E-state index in [1.54, 1.807) is 0 Å². The maximum atomic E-state index is 5.56. The molecule has 8 bridgehead atoms. The Morgan fingerprint density at radius 2 is 0.816 bits per heavy atom. The second-order valence-electron chi connectivity index (χ2n) is 11.9. The molecule has 0 aliphatic carbocycles. The van der Waals surface area contributed by atoms with Crippen LogP contribution in [0.4, 0.5) is 0 Å². The summed E-state index contributed by atoms with van der Waals surface area (Å²) >= 11 is 0. The van der Waals surface area contributed by atoms with Gasteiger partial charge in [0.1, 0.15) is 0 Å². The molecule has 0 radical (unpaired) electrons. The molecule has 9 rings (SSSR count). The molecule has 5 aliphatic heterocycles. The van der Waals surface area contributed by atoms with E-state index in [4.69, 9.17) is 20.0 Å². The van der Waals surface area contributed by atoms with E-state index >= 15 is 0 Å². The molecule has 0 aromatic heterocycles. The van der Waals surface area contributed by atoms with Crippen LogP contribution < -0.4 is 0 Å². The summed E-state index contributed by atoms with van der Waals surface area (Å²) in [5.41, 5.74) is 15.3. The molecule has 49 heavy (non-hydrogen) atoms. The van der Waals surface area contributed by atoms with Crippen LogP contribution >= 0.6 is 0 Å². The molecule has 0 fully saturated rings. The van der Waals surface area contributed by atoms with Crippen LogP contribution in [0.2, 0.25) is 0 Å². The normalized spacial score (nSPS) is 17.5. The number of rotatable bonds is 4. The van der Waals surface area contributed by atoms with Gasteiger partial charge in [0.2, 0.25) is 0 Å². The predicted molar refractivity (Wildman–Crippen MR) is 210 cm³/mol. The molecule has 0 atom stereocenters. The number of nitrogens with zero attached hydrogens (tertiary/aromatic N) is 4. The van der Waals surface area contributed by atoms with Crippen LogP contribution in [-0.2, 0) is 0 Å². The standard InChI is InChI=1S/C44H28N4.Ga.3H/c1-5-13-29(14-6-1)38-27-37-26-35-22-21-33(45-35)25-34-23-24-36(46-34)28-39-40(30-15-7-2-8-16-30)41(31-17-9-3-10-18-31)44(48-39)42(43(38)47-37)32-19-11-4-12-20-32;;;;/h1-28H;;;;. The topological polar surface area (TPSA) is 49.4 Å². The van der Waals surface area contributed by atoms with Crippen molar-refractivity contribution in [2.24, 2.45) is 20.0 Å². The van der Waals surface area contributed by atoms with Crippen molar-refractivity contribution in [3.05, 3.63) is 215 Å². The van der Waals surface area contributed by atoms with Gasteiger partial charge in [0.05, 0.1) is 45.6 Å². The maximum absolute atomic E-state index is 5.56. The van der Waals surface area contributed by atoms with Gasteiger partial charge in [-0.05, 0) is 70.9 Å². The first-order valence-electron chi connectivity index (χ1n) is 16.1. The Kier molecular flexibility index (Phi) is 8.05. The number of aliphatic imine (C=N–C) groups is 4. The zero-order valence-electron chi connectivity index (χ0n) is 26.0. The zero-order chi connectivity index (χ0) is 31.9. The van der Waals surface area contributed by atoms with E-state index in [2.05, 4.69) is 133 Å². The number of allylic oxidation sites excluding steroid dienone is 12.